The Kier molecular flexibility index (Phi) is 3.22. The number of furan rings is 2. The highest BCUT2D eigenvalue weighted by Crippen LogP contribution is 2.01. The van der Waals surface area contributed by atoms with Crippen LogP contribution in [0.15, 0.2) is 45.6 Å². The SMILES string of the molecule is C(#Cc1ccco1)SC#Cc1ccco1. The van der Waals surface area contributed by atoms with Crippen LogP contribution in [-0.2, 0) is 0 Å². The van der Waals surface area contributed by atoms with Crippen LogP contribution in [0.3, 0.4) is 0 Å². The third kappa shape index (κ3) is 3.02. The van der Waals surface area contributed by atoms with E-state index in [1.54, 1.807) is 36.8 Å². The minimum Gasteiger partial charge on any atom is -0.456 e. The maximum absolute atomic E-state index is 5.03. The first-order valence-corrected chi connectivity index (χ1v) is 5.02. The Morgan fingerprint density at radius 3 is 1.80 bits per heavy atom. The molecule has 0 amide bonds. The van der Waals surface area contributed by atoms with Crippen LogP contribution in [0.4, 0.5) is 0 Å². The van der Waals surface area contributed by atoms with Gasteiger partial charge in [-0.3, -0.25) is 0 Å². The van der Waals surface area contributed by atoms with Gasteiger partial charge in [-0.05, 0) is 46.6 Å². The Morgan fingerprint density at radius 2 is 1.40 bits per heavy atom. The summed E-state index contributed by atoms with van der Waals surface area (Å²) < 4.78 is 10.1. The molecule has 0 atom stereocenters. The van der Waals surface area contributed by atoms with Gasteiger partial charge in [-0.1, -0.05) is 0 Å². The summed E-state index contributed by atoms with van der Waals surface area (Å²) >= 11 is 1.21. The smallest absolute Gasteiger partial charge is 0.177 e. The average molecular weight is 214 g/mol. The van der Waals surface area contributed by atoms with Crippen molar-refractivity contribution in [3.63, 3.8) is 0 Å². The molecular weight excluding hydrogens is 208 g/mol. The molecule has 0 saturated carbocycles. The first-order chi connectivity index (χ1) is 7.45. The number of thioether (sulfide) groups is 1. The van der Waals surface area contributed by atoms with Gasteiger partial charge >= 0.3 is 0 Å². The predicted molar refractivity (Wildman–Crippen MR) is 58.8 cm³/mol. The van der Waals surface area contributed by atoms with Crippen molar-refractivity contribution in [3.8, 4) is 22.3 Å². The van der Waals surface area contributed by atoms with Crippen molar-refractivity contribution >= 4 is 11.8 Å². The van der Waals surface area contributed by atoms with Crippen LogP contribution in [0.1, 0.15) is 11.5 Å². The van der Waals surface area contributed by atoms with Gasteiger partial charge < -0.3 is 8.83 Å². The molecule has 0 aliphatic rings. The fourth-order valence-electron chi connectivity index (χ4n) is 0.877. The molecule has 0 N–H and O–H groups in total. The van der Waals surface area contributed by atoms with Crippen molar-refractivity contribution in [1.29, 1.82) is 0 Å². The van der Waals surface area contributed by atoms with E-state index in [1.807, 2.05) is 0 Å². The van der Waals surface area contributed by atoms with Crippen molar-refractivity contribution in [3.05, 3.63) is 48.3 Å². The van der Waals surface area contributed by atoms with E-state index < -0.39 is 0 Å². The third-order valence-electron chi connectivity index (χ3n) is 1.49. The Bertz CT molecular complexity index is 465. The topological polar surface area (TPSA) is 26.3 Å². The highest BCUT2D eigenvalue weighted by molar-refractivity contribution is 8.08. The van der Waals surface area contributed by atoms with Gasteiger partial charge in [-0.25, -0.2) is 0 Å². The second kappa shape index (κ2) is 5.05. The van der Waals surface area contributed by atoms with Crippen LogP contribution in [0.5, 0.6) is 0 Å². The van der Waals surface area contributed by atoms with Crippen molar-refractivity contribution in [2.75, 3.05) is 0 Å². The molecule has 2 nitrogen and oxygen atoms in total. The van der Waals surface area contributed by atoms with Gasteiger partial charge in [-0.15, -0.1) is 0 Å². The van der Waals surface area contributed by atoms with E-state index in [0.29, 0.717) is 11.5 Å². The van der Waals surface area contributed by atoms with E-state index >= 15 is 0 Å². The van der Waals surface area contributed by atoms with Crippen LogP contribution < -0.4 is 0 Å². The van der Waals surface area contributed by atoms with Crippen LogP contribution in [0.25, 0.3) is 0 Å². The maximum Gasteiger partial charge on any atom is 0.177 e. The van der Waals surface area contributed by atoms with Gasteiger partial charge in [0, 0.05) is 11.8 Å². The Labute approximate surface area is 91.7 Å². The fourth-order valence-corrected chi connectivity index (χ4v) is 1.23. The van der Waals surface area contributed by atoms with Gasteiger partial charge in [0.25, 0.3) is 0 Å². The number of hydrogen-bond donors (Lipinski definition) is 0. The first kappa shape index (κ1) is 9.58. The lowest BCUT2D eigenvalue weighted by Crippen LogP contribution is -1.61. The molecule has 72 valence electrons. The molecule has 0 aliphatic heterocycles. The largest absolute Gasteiger partial charge is 0.456 e. The van der Waals surface area contributed by atoms with Gasteiger partial charge in [0.2, 0.25) is 0 Å². The highest BCUT2D eigenvalue weighted by Gasteiger charge is 1.86. The minimum atomic E-state index is 0.641. The first-order valence-electron chi connectivity index (χ1n) is 4.20. The molecule has 15 heavy (non-hydrogen) atoms. The van der Waals surface area contributed by atoms with E-state index in [2.05, 4.69) is 22.3 Å². The zero-order valence-electron chi connectivity index (χ0n) is 7.69. The normalized spacial score (nSPS) is 8.53. The summed E-state index contributed by atoms with van der Waals surface area (Å²) in [5.74, 6) is 6.92. The van der Waals surface area contributed by atoms with E-state index in [4.69, 9.17) is 8.83 Å². The van der Waals surface area contributed by atoms with Gasteiger partial charge in [0.15, 0.2) is 11.5 Å². The minimum absolute atomic E-state index is 0.641. The lowest BCUT2D eigenvalue weighted by molar-refractivity contribution is 0.554. The predicted octanol–water partition coefficient (Wildman–Crippen LogP) is 2.92. The highest BCUT2D eigenvalue weighted by atomic mass is 32.2. The standard InChI is InChI=1S/C12H6O2S/c1-3-11(13-7-1)5-9-15-10-6-12-4-2-8-14-12/h1-4,7-8H. The van der Waals surface area contributed by atoms with Crippen molar-refractivity contribution in [2.45, 2.75) is 0 Å². The van der Waals surface area contributed by atoms with Crippen LogP contribution in [0, 0.1) is 22.3 Å². The molecule has 2 aromatic rings. The quantitative estimate of drug-likeness (QED) is 0.631. The zero-order valence-corrected chi connectivity index (χ0v) is 8.51. The molecule has 2 heterocycles. The van der Waals surface area contributed by atoms with Crippen molar-refractivity contribution in [2.24, 2.45) is 0 Å². The van der Waals surface area contributed by atoms with Crippen LogP contribution in [0.2, 0.25) is 0 Å². The second-order valence-corrected chi connectivity index (χ2v) is 3.12. The molecular formula is C12H6O2S. The number of hydrogen-bond acceptors (Lipinski definition) is 3. The summed E-state index contributed by atoms with van der Waals surface area (Å²) in [6.45, 7) is 0. The van der Waals surface area contributed by atoms with E-state index in [9.17, 15) is 0 Å². The zero-order chi connectivity index (χ0) is 10.3. The molecule has 0 fully saturated rings. The monoisotopic (exact) mass is 214 g/mol. The summed E-state index contributed by atoms with van der Waals surface area (Å²) in [4.78, 5) is 0. The Morgan fingerprint density at radius 1 is 0.867 bits per heavy atom. The summed E-state index contributed by atoms with van der Waals surface area (Å²) in [5, 5.41) is 5.62. The molecule has 3 heteroatoms. The van der Waals surface area contributed by atoms with Crippen LogP contribution >= 0.6 is 11.8 Å². The average Bonchev–Trinajstić information content (AvgIpc) is 2.88. The molecule has 0 saturated heterocycles. The lowest BCUT2D eigenvalue weighted by atomic mass is 10.5. The Hall–Kier alpha value is -1.97. The van der Waals surface area contributed by atoms with Crippen molar-refractivity contribution < 1.29 is 8.83 Å². The van der Waals surface area contributed by atoms with Gasteiger partial charge in [-0.2, -0.15) is 0 Å². The molecule has 0 aliphatic carbocycles. The lowest BCUT2D eigenvalue weighted by Gasteiger charge is -1.75. The molecule has 0 bridgehead atoms. The maximum atomic E-state index is 5.03. The summed E-state index contributed by atoms with van der Waals surface area (Å²) in [5.41, 5.74) is 0. The van der Waals surface area contributed by atoms with E-state index in [-0.39, 0.29) is 0 Å². The van der Waals surface area contributed by atoms with Crippen LogP contribution in [-0.4, -0.2) is 0 Å². The number of rotatable bonds is 0. The van der Waals surface area contributed by atoms with Crippen molar-refractivity contribution in [1.82, 2.24) is 0 Å². The summed E-state index contributed by atoms with van der Waals surface area (Å²) in [6.07, 6.45) is 3.17. The molecule has 2 aromatic heterocycles. The summed E-state index contributed by atoms with van der Waals surface area (Å²) in [7, 11) is 0. The molecule has 0 radical (unpaired) electrons. The van der Waals surface area contributed by atoms with Gasteiger partial charge in [0.05, 0.1) is 12.5 Å². The molecule has 0 unspecified atom stereocenters. The third-order valence-corrected chi connectivity index (χ3v) is 1.90. The summed E-state index contributed by atoms with van der Waals surface area (Å²) in [6, 6.07) is 7.19. The molecule has 2 rings (SSSR count). The van der Waals surface area contributed by atoms with E-state index in [0.717, 1.165) is 0 Å². The molecule has 0 spiro atoms. The fraction of sp³-hybridized carbons (Fsp3) is 0. The van der Waals surface area contributed by atoms with E-state index in [1.165, 1.54) is 11.8 Å². The molecule has 0 aromatic carbocycles. The Balaban J connectivity index is 1.89. The second-order valence-electron chi connectivity index (χ2n) is 2.51. The van der Waals surface area contributed by atoms with Gasteiger partial charge in [0.1, 0.15) is 0 Å².